The van der Waals surface area contributed by atoms with Crippen molar-refractivity contribution >= 4 is 11.1 Å². The maximum atomic E-state index is 8.48. The Morgan fingerprint density at radius 3 is 3.31 bits per heavy atom. The van der Waals surface area contributed by atoms with E-state index in [4.69, 9.17) is 9.52 Å². The second-order valence-corrected chi connectivity index (χ2v) is 2.49. The average molecular weight is 173 g/mol. The van der Waals surface area contributed by atoms with Crippen LogP contribution >= 0.6 is 0 Å². The van der Waals surface area contributed by atoms with Crippen LogP contribution in [0.25, 0.3) is 11.1 Å². The molecular formula is C10H7NO2. The Hall–Kier alpha value is -1.79. The molecule has 0 bridgehead atoms. The lowest BCUT2D eigenvalue weighted by atomic mass is 10.2. The van der Waals surface area contributed by atoms with Gasteiger partial charge in [-0.05, 0) is 0 Å². The van der Waals surface area contributed by atoms with Crippen LogP contribution in [0.3, 0.4) is 0 Å². The van der Waals surface area contributed by atoms with Crippen molar-refractivity contribution in [2.24, 2.45) is 0 Å². The van der Waals surface area contributed by atoms with Crippen molar-refractivity contribution in [3.05, 3.63) is 30.2 Å². The molecule has 2 rings (SSSR count). The van der Waals surface area contributed by atoms with E-state index in [1.807, 2.05) is 0 Å². The summed E-state index contributed by atoms with van der Waals surface area (Å²) in [7, 11) is 0. The lowest BCUT2D eigenvalue weighted by Gasteiger charge is -1.88. The number of nitrogens with zero attached hydrogens (tertiary/aromatic N) is 1. The van der Waals surface area contributed by atoms with Crippen molar-refractivity contribution in [1.29, 1.82) is 0 Å². The van der Waals surface area contributed by atoms with E-state index in [9.17, 15) is 0 Å². The molecule has 3 nitrogen and oxygen atoms in total. The van der Waals surface area contributed by atoms with Gasteiger partial charge in [0.25, 0.3) is 0 Å². The van der Waals surface area contributed by atoms with E-state index in [0.717, 1.165) is 11.1 Å². The molecule has 0 aliphatic heterocycles. The van der Waals surface area contributed by atoms with E-state index in [1.165, 1.54) is 0 Å². The fourth-order valence-electron chi connectivity index (χ4n) is 1.06. The summed E-state index contributed by atoms with van der Waals surface area (Å²) >= 11 is 0. The van der Waals surface area contributed by atoms with Crippen molar-refractivity contribution in [3.63, 3.8) is 0 Å². The maximum Gasteiger partial charge on any atom is 0.153 e. The summed E-state index contributed by atoms with van der Waals surface area (Å²) in [6, 6.07) is 3.59. The number of fused-ring (bicyclic) bond motifs is 1. The van der Waals surface area contributed by atoms with Crippen molar-refractivity contribution < 1.29 is 9.52 Å². The number of rotatable bonds is 0. The highest BCUT2D eigenvalue weighted by Gasteiger charge is 1.97. The van der Waals surface area contributed by atoms with Gasteiger partial charge in [-0.2, -0.15) is 0 Å². The minimum absolute atomic E-state index is 0.143. The van der Waals surface area contributed by atoms with Gasteiger partial charge < -0.3 is 9.52 Å². The van der Waals surface area contributed by atoms with Crippen LogP contribution in [0.5, 0.6) is 0 Å². The molecule has 1 N–H and O–H groups in total. The number of hydrogen-bond donors (Lipinski definition) is 1. The van der Waals surface area contributed by atoms with Gasteiger partial charge in [-0.25, -0.2) is 0 Å². The van der Waals surface area contributed by atoms with Gasteiger partial charge in [0.15, 0.2) is 5.58 Å². The van der Waals surface area contributed by atoms with Gasteiger partial charge in [0, 0.05) is 23.9 Å². The normalized spacial score (nSPS) is 9.62. The zero-order valence-electron chi connectivity index (χ0n) is 6.82. The van der Waals surface area contributed by atoms with E-state index < -0.39 is 0 Å². The molecule has 0 spiro atoms. The van der Waals surface area contributed by atoms with Crippen LogP contribution in [-0.4, -0.2) is 16.7 Å². The predicted octanol–water partition coefficient (Wildman–Crippen LogP) is 1.17. The third kappa shape index (κ3) is 1.53. The maximum absolute atomic E-state index is 8.48. The third-order valence-corrected chi connectivity index (χ3v) is 1.61. The highest BCUT2D eigenvalue weighted by Crippen LogP contribution is 2.12. The van der Waals surface area contributed by atoms with Crippen LogP contribution in [0.4, 0.5) is 0 Å². The van der Waals surface area contributed by atoms with Crippen molar-refractivity contribution in [2.45, 2.75) is 0 Å². The van der Waals surface area contributed by atoms with Crippen LogP contribution < -0.4 is 0 Å². The van der Waals surface area contributed by atoms with Crippen LogP contribution in [0, 0.1) is 11.8 Å². The number of aliphatic hydroxyl groups excluding tert-OH is 1. The van der Waals surface area contributed by atoms with Gasteiger partial charge >= 0.3 is 0 Å². The fraction of sp³-hybridized carbons (Fsp3) is 0.100. The highest BCUT2D eigenvalue weighted by molar-refractivity contribution is 5.73. The van der Waals surface area contributed by atoms with Crippen LogP contribution in [0.1, 0.15) is 5.56 Å². The molecule has 0 aromatic carbocycles. The topological polar surface area (TPSA) is 46.3 Å². The van der Waals surface area contributed by atoms with Crippen molar-refractivity contribution in [3.8, 4) is 11.8 Å². The summed E-state index contributed by atoms with van der Waals surface area (Å²) in [6.45, 7) is -0.143. The summed E-state index contributed by atoms with van der Waals surface area (Å²) in [5.74, 6) is 5.30. The number of aliphatic hydroxyl groups is 1. The first-order valence-corrected chi connectivity index (χ1v) is 3.83. The molecule has 0 aliphatic rings. The smallest absolute Gasteiger partial charge is 0.153 e. The summed E-state index contributed by atoms with van der Waals surface area (Å²) < 4.78 is 5.15. The Morgan fingerprint density at radius 1 is 1.54 bits per heavy atom. The minimum atomic E-state index is -0.143. The Morgan fingerprint density at radius 2 is 2.46 bits per heavy atom. The molecule has 2 heterocycles. The Balaban J connectivity index is 2.48. The summed E-state index contributed by atoms with van der Waals surface area (Å²) in [5.41, 5.74) is 2.27. The molecule has 0 atom stereocenters. The first-order valence-electron chi connectivity index (χ1n) is 3.83. The standard InChI is InChI=1S/C10H7NO2/c12-4-1-2-8-6-10-9(11-7-8)3-5-13-10/h3,5-7,12H,4H2. The molecule has 64 valence electrons. The minimum Gasteiger partial charge on any atom is -0.463 e. The number of hydrogen-bond acceptors (Lipinski definition) is 3. The molecule has 0 saturated carbocycles. The monoisotopic (exact) mass is 173 g/mol. The van der Waals surface area contributed by atoms with Gasteiger partial charge in [-0.1, -0.05) is 11.8 Å². The average Bonchev–Trinajstić information content (AvgIpc) is 2.61. The molecular weight excluding hydrogens is 166 g/mol. The number of pyridine rings is 1. The van der Waals surface area contributed by atoms with E-state index in [1.54, 1.807) is 24.6 Å². The van der Waals surface area contributed by atoms with Gasteiger partial charge in [0.05, 0.1) is 6.26 Å². The molecule has 0 saturated heterocycles. The van der Waals surface area contributed by atoms with Gasteiger partial charge in [0.2, 0.25) is 0 Å². The number of furan rings is 1. The molecule has 0 unspecified atom stereocenters. The Labute approximate surface area is 75.0 Å². The number of aromatic nitrogens is 1. The molecule has 3 heteroatoms. The summed E-state index contributed by atoms with van der Waals surface area (Å²) in [4.78, 5) is 4.12. The zero-order chi connectivity index (χ0) is 9.10. The molecule has 0 amide bonds. The molecule has 0 radical (unpaired) electrons. The Kier molecular flexibility index (Phi) is 1.99. The second kappa shape index (κ2) is 3.30. The van der Waals surface area contributed by atoms with Gasteiger partial charge in [0.1, 0.15) is 12.1 Å². The SMILES string of the molecule is OCC#Cc1cnc2ccoc2c1. The van der Waals surface area contributed by atoms with Gasteiger partial charge in [-0.3, -0.25) is 4.98 Å². The highest BCUT2D eigenvalue weighted by atomic mass is 16.3. The molecule has 0 fully saturated rings. The van der Waals surface area contributed by atoms with E-state index >= 15 is 0 Å². The molecule has 0 aliphatic carbocycles. The van der Waals surface area contributed by atoms with Gasteiger partial charge in [-0.15, -0.1) is 0 Å². The van der Waals surface area contributed by atoms with Crippen molar-refractivity contribution in [1.82, 2.24) is 4.98 Å². The largest absolute Gasteiger partial charge is 0.463 e. The van der Waals surface area contributed by atoms with Crippen LogP contribution in [-0.2, 0) is 0 Å². The summed E-state index contributed by atoms with van der Waals surface area (Å²) in [6.07, 6.45) is 3.24. The fourth-order valence-corrected chi connectivity index (χ4v) is 1.06. The lowest BCUT2D eigenvalue weighted by molar-refractivity contribution is 0.350. The van der Waals surface area contributed by atoms with E-state index in [-0.39, 0.29) is 6.61 Å². The second-order valence-electron chi connectivity index (χ2n) is 2.49. The Bertz CT molecular complexity index is 476. The van der Waals surface area contributed by atoms with Crippen molar-refractivity contribution in [2.75, 3.05) is 6.61 Å². The molecule has 2 aromatic rings. The van der Waals surface area contributed by atoms with Crippen LogP contribution in [0.2, 0.25) is 0 Å². The first-order chi connectivity index (χ1) is 6.40. The molecule has 2 aromatic heterocycles. The zero-order valence-corrected chi connectivity index (χ0v) is 6.82. The lowest BCUT2D eigenvalue weighted by Crippen LogP contribution is -1.79. The predicted molar refractivity (Wildman–Crippen MR) is 48.0 cm³/mol. The van der Waals surface area contributed by atoms with Crippen LogP contribution in [0.15, 0.2) is 29.0 Å². The first kappa shape index (κ1) is 7.84. The molecule has 13 heavy (non-hydrogen) atoms. The van der Waals surface area contributed by atoms with E-state index in [0.29, 0.717) is 5.58 Å². The third-order valence-electron chi connectivity index (χ3n) is 1.61. The van der Waals surface area contributed by atoms with E-state index in [2.05, 4.69) is 16.8 Å². The quantitative estimate of drug-likeness (QED) is 0.608. The summed E-state index contributed by atoms with van der Waals surface area (Å²) in [5, 5.41) is 8.48.